The molecule has 0 bridgehead atoms. The fraction of sp³-hybridized carbons (Fsp3) is 0.278. The van der Waals surface area contributed by atoms with E-state index in [2.05, 4.69) is 24.6 Å². The summed E-state index contributed by atoms with van der Waals surface area (Å²) in [5.74, 6) is 1.74. The van der Waals surface area contributed by atoms with Crippen LogP contribution >= 0.6 is 11.6 Å². The molecule has 6 nitrogen and oxygen atoms in total. The van der Waals surface area contributed by atoms with Gasteiger partial charge in [-0.05, 0) is 37.3 Å². The lowest BCUT2D eigenvalue weighted by Crippen LogP contribution is -2.43. The first-order chi connectivity index (χ1) is 12.2. The molecule has 7 heteroatoms. The van der Waals surface area contributed by atoms with E-state index in [1.54, 1.807) is 6.20 Å². The Balaban J connectivity index is 1.87. The second kappa shape index (κ2) is 5.36. The highest BCUT2D eigenvalue weighted by Crippen LogP contribution is 2.46. The molecule has 1 unspecified atom stereocenters. The van der Waals surface area contributed by atoms with Crippen LogP contribution in [0.4, 0.5) is 0 Å². The van der Waals surface area contributed by atoms with Gasteiger partial charge in [-0.2, -0.15) is 0 Å². The number of nitrogens with zero attached hydrogens (tertiary/aromatic N) is 5. The molecule has 0 aliphatic carbocycles. The highest BCUT2D eigenvalue weighted by Gasteiger charge is 2.50. The fourth-order valence-electron chi connectivity index (χ4n) is 3.90. The highest BCUT2D eigenvalue weighted by molar-refractivity contribution is 6.30. The average molecular weight is 354 g/mol. The molecule has 2 aliphatic rings. The Labute approximate surface area is 150 Å². The zero-order chi connectivity index (χ0) is 17.0. The van der Waals surface area contributed by atoms with E-state index < -0.39 is 5.72 Å². The molecule has 2 aromatic heterocycles. The second-order valence-corrected chi connectivity index (χ2v) is 6.73. The van der Waals surface area contributed by atoms with E-state index in [-0.39, 0.29) is 0 Å². The topological polar surface area (TPSA) is 56.1 Å². The average Bonchev–Trinajstić information content (AvgIpc) is 3.18. The summed E-state index contributed by atoms with van der Waals surface area (Å²) in [6.45, 7) is 3.99. The van der Waals surface area contributed by atoms with Gasteiger partial charge in [-0.1, -0.05) is 17.7 Å². The van der Waals surface area contributed by atoms with Gasteiger partial charge < -0.3 is 4.74 Å². The van der Waals surface area contributed by atoms with E-state index in [1.165, 1.54) is 0 Å². The fourth-order valence-corrected chi connectivity index (χ4v) is 4.07. The zero-order valence-electron chi connectivity index (χ0n) is 13.7. The van der Waals surface area contributed by atoms with E-state index in [0.29, 0.717) is 18.2 Å². The summed E-state index contributed by atoms with van der Waals surface area (Å²) in [5, 5.41) is 9.32. The standard InChI is InChI=1S/C18H16ClN5O/c1-12-21-22-17-11-23-8-9-25-18(23,16-4-2-3-7-20-16)14-10-13(19)5-6-15(14)24(12)17/h2-7,10H,8-9,11H2,1H3. The third kappa shape index (κ3) is 2.02. The number of rotatable bonds is 1. The summed E-state index contributed by atoms with van der Waals surface area (Å²) in [7, 11) is 0. The van der Waals surface area contributed by atoms with Crippen molar-refractivity contribution in [3.05, 3.63) is 70.5 Å². The molecule has 126 valence electrons. The second-order valence-electron chi connectivity index (χ2n) is 6.29. The van der Waals surface area contributed by atoms with Crippen LogP contribution in [0.5, 0.6) is 0 Å². The molecule has 1 aromatic carbocycles. The van der Waals surface area contributed by atoms with E-state index in [9.17, 15) is 0 Å². The first-order valence-corrected chi connectivity index (χ1v) is 8.60. The number of aromatic nitrogens is 4. The summed E-state index contributed by atoms with van der Waals surface area (Å²) in [4.78, 5) is 6.88. The van der Waals surface area contributed by atoms with Crippen LogP contribution in [0.25, 0.3) is 5.69 Å². The number of benzene rings is 1. The van der Waals surface area contributed by atoms with Crippen molar-refractivity contribution in [1.82, 2.24) is 24.6 Å². The number of aryl methyl sites for hydroxylation is 1. The summed E-state index contributed by atoms with van der Waals surface area (Å²) in [5.41, 5.74) is 2.04. The van der Waals surface area contributed by atoms with Gasteiger partial charge in [0.2, 0.25) is 0 Å². The Morgan fingerprint density at radius 1 is 1.20 bits per heavy atom. The Bertz CT molecular complexity index is 957. The summed E-state index contributed by atoms with van der Waals surface area (Å²) >= 11 is 6.38. The Kier molecular flexibility index (Phi) is 3.22. The molecule has 2 aliphatic heterocycles. The molecule has 1 fully saturated rings. The molecule has 1 saturated heterocycles. The molecular formula is C18H16ClN5O. The van der Waals surface area contributed by atoms with Gasteiger partial charge in [0.05, 0.1) is 24.5 Å². The van der Waals surface area contributed by atoms with Gasteiger partial charge in [0.1, 0.15) is 5.82 Å². The van der Waals surface area contributed by atoms with Crippen molar-refractivity contribution in [2.24, 2.45) is 0 Å². The molecule has 0 saturated carbocycles. The summed E-state index contributed by atoms with van der Waals surface area (Å²) in [6.07, 6.45) is 1.80. The molecule has 25 heavy (non-hydrogen) atoms. The lowest BCUT2D eigenvalue weighted by Gasteiger charge is -2.36. The van der Waals surface area contributed by atoms with Crippen LogP contribution in [0.1, 0.15) is 22.9 Å². The number of hydrogen-bond acceptors (Lipinski definition) is 5. The smallest absolute Gasteiger partial charge is 0.193 e. The Morgan fingerprint density at radius 2 is 2.12 bits per heavy atom. The molecule has 5 rings (SSSR count). The number of hydrogen-bond donors (Lipinski definition) is 0. The van der Waals surface area contributed by atoms with E-state index in [1.807, 2.05) is 43.3 Å². The maximum absolute atomic E-state index is 6.38. The molecule has 0 radical (unpaired) electrons. The van der Waals surface area contributed by atoms with Crippen LogP contribution in [-0.4, -0.2) is 37.8 Å². The molecule has 0 N–H and O–H groups in total. The maximum atomic E-state index is 6.38. The summed E-state index contributed by atoms with van der Waals surface area (Å²) < 4.78 is 8.46. The quantitative estimate of drug-likeness (QED) is 0.673. The minimum absolute atomic E-state index is 0.621. The first-order valence-electron chi connectivity index (χ1n) is 8.22. The predicted molar refractivity (Wildman–Crippen MR) is 92.5 cm³/mol. The van der Waals surface area contributed by atoms with Gasteiger partial charge in [0.15, 0.2) is 11.5 Å². The zero-order valence-corrected chi connectivity index (χ0v) is 14.4. The minimum Gasteiger partial charge on any atom is -0.349 e. The third-order valence-electron chi connectivity index (χ3n) is 4.92. The van der Waals surface area contributed by atoms with Gasteiger partial charge in [-0.15, -0.1) is 10.2 Å². The Hall–Kier alpha value is -2.28. The monoisotopic (exact) mass is 353 g/mol. The Morgan fingerprint density at radius 3 is 2.96 bits per heavy atom. The van der Waals surface area contributed by atoms with Crippen LogP contribution in [0, 0.1) is 6.92 Å². The molecule has 0 amide bonds. The first kappa shape index (κ1) is 15.0. The molecule has 4 heterocycles. The number of halogens is 1. The van der Waals surface area contributed by atoms with Gasteiger partial charge in [-0.3, -0.25) is 14.5 Å². The third-order valence-corrected chi connectivity index (χ3v) is 5.15. The van der Waals surface area contributed by atoms with E-state index in [0.717, 1.165) is 35.1 Å². The lowest BCUT2D eigenvalue weighted by molar-refractivity contribution is -0.0586. The minimum atomic E-state index is -0.769. The normalized spacial score (nSPS) is 22.2. The van der Waals surface area contributed by atoms with Gasteiger partial charge in [0.25, 0.3) is 0 Å². The van der Waals surface area contributed by atoms with Crippen LogP contribution in [0.15, 0.2) is 42.6 Å². The van der Waals surface area contributed by atoms with Crippen molar-refractivity contribution in [1.29, 1.82) is 0 Å². The van der Waals surface area contributed by atoms with Gasteiger partial charge in [-0.25, -0.2) is 0 Å². The van der Waals surface area contributed by atoms with Crippen molar-refractivity contribution in [2.75, 3.05) is 13.2 Å². The van der Waals surface area contributed by atoms with Crippen LogP contribution < -0.4 is 0 Å². The highest BCUT2D eigenvalue weighted by atomic mass is 35.5. The van der Waals surface area contributed by atoms with Crippen LogP contribution in [0.2, 0.25) is 5.02 Å². The number of fused-ring (bicyclic) bond motifs is 5. The van der Waals surface area contributed by atoms with E-state index >= 15 is 0 Å². The van der Waals surface area contributed by atoms with Gasteiger partial charge in [0, 0.05) is 23.3 Å². The number of pyridine rings is 1. The molecule has 1 atom stereocenters. The molecule has 0 spiro atoms. The number of ether oxygens (including phenoxy) is 1. The van der Waals surface area contributed by atoms with Crippen LogP contribution in [-0.2, 0) is 17.0 Å². The van der Waals surface area contributed by atoms with Crippen molar-refractivity contribution >= 4 is 11.6 Å². The molecule has 3 aromatic rings. The van der Waals surface area contributed by atoms with Crippen molar-refractivity contribution in [3.63, 3.8) is 0 Å². The largest absolute Gasteiger partial charge is 0.349 e. The van der Waals surface area contributed by atoms with Crippen molar-refractivity contribution in [2.45, 2.75) is 19.2 Å². The maximum Gasteiger partial charge on any atom is 0.193 e. The summed E-state index contributed by atoms with van der Waals surface area (Å²) in [6, 6.07) is 11.8. The van der Waals surface area contributed by atoms with Crippen molar-refractivity contribution in [3.8, 4) is 5.69 Å². The van der Waals surface area contributed by atoms with E-state index in [4.69, 9.17) is 16.3 Å². The van der Waals surface area contributed by atoms with Gasteiger partial charge >= 0.3 is 0 Å². The molecular weight excluding hydrogens is 338 g/mol. The lowest BCUT2D eigenvalue weighted by atomic mass is 9.95. The predicted octanol–water partition coefficient (Wildman–Crippen LogP) is 2.67. The SMILES string of the molecule is Cc1nnc2n1-c1ccc(Cl)cc1C1(c3ccccn3)OCCN1C2. The van der Waals surface area contributed by atoms with Crippen LogP contribution in [0.3, 0.4) is 0 Å². The van der Waals surface area contributed by atoms with Crippen molar-refractivity contribution < 1.29 is 4.74 Å².